The van der Waals surface area contributed by atoms with Crippen LogP contribution in [0.5, 0.6) is 0 Å². The molecule has 1 saturated carbocycles. The van der Waals surface area contributed by atoms with Crippen molar-refractivity contribution in [2.45, 2.75) is 31.1 Å². The fourth-order valence-corrected chi connectivity index (χ4v) is 4.63. The van der Waals surface area contributed by atoms with Crippen molar-refractivity contribution in [2.24, 2.45) is 5.73 Å². The zero-order chi connectivity index (χ0) is 19.6. The van der Waals surface area contributed by atoms with Crippen LogP contribution in [-0.2, 0) is 10.2 Å². The second kappa shape index (κ2) is 7.62. The third kappa shape index (κ3) is 3.23. The number of benzene rings is 1. The van der Waals surface area contributed by atoms with E-state index in [-0.39, 0.29) is 11.3 Å². The first-order valence-corrected chi connectivity index (χ1v) is 9.96. The lowest BCUT2D eigenvalue weighted by atomic mass is 9.77. The van der Waals surface area contributed by atoms with Crippen molar-refractivity contribution in [3.63, 3.8) is 0 Å². The van der Waals surface area contributed by atoms with Gasteiger partial charge < -0.3 is 15.5 Å². The van der Waals surface area contributed by atoms with E-state index >= 15 is 0 Å². The van der Waals surface area contributed by atoms with Crippen molar-refractivity contribution in [2.75, 3.05) is 31.1 Å². The Hall–Kier alpha value is -2.89. The molecule has 2 amide bonds. The first-order valence-electron chi connectivity index (χ1n) is 9.96. The van der Waals surface area contributed by atoms with E-state index in [0.29, 0.717) is 37.6 Å². The van der Waals surface area contributed by atoms with Crippen LogP contribution in [0, 0.1) is 0 Å². The molecule has 1 aromatic carbocycles. The summed E-state index contributed by atoms with van der Waals surface area (Å²) in [4.78, 5) is 33.7. The van der Waals surface area contributed by atoms with E-state index in [9.17, 15) is 9.59 Å². The maximum Gasteiger partial charge on any atom is 0.252 e. The fourth-order valence-electron chi connectivity index (χ4n) is 4.63. The number of primary amides is 1. The van der Waals surface area contributed by atoms with Gasteiger partial charge in [-0.2, -0.15) is 0 Å². The van der Waals surface area contributed by atoms with Crippen molar-refractivity contribution in [1.29, 1.82) is 0 Å². The van der Waals surface area contributed by atoms with Gasteiger partial charge in [-0.3, -0.25) is 9.59 Å². The highest BCUT2D eigenvalue weighted by Crippen LogP contribution is 2.42. The highest BCUT2D eigenvalue weighted by molar-refractivity contribution is 5.97. The molecule has 0 spiro atoms. The zero-order valence-corrected chi connectivity index (χ0v) is 16.0. The molecule has 2 fully saturated rings. The van der Waals surface area contributed by atoms with Gasteiger partial charge in [-0.15, -0.1) is 0 Å². The predicted octanol–water partition coefficient (Wildman–Crippen LogP) is 2.34. The summed E-state index contributed by atoms with van der Waals surface area (Å²) < 4.78 is 0. The van der Waals surface area contributed by atoms with Gasteiger partial charge in [0, 0.05) is 32.4 Å². The van der Waals surface area contributed by atoms with E-state index < -0.39 is 5.91 Å². The van der Waals surface area contributed by atoms with Gasteiger partial charge in [0.25, 0.3) is 5.91 Å². The van der Waals surface area contributed by atoms with E-state index in [0.717, 1.165) is 31.2 Å². The molecule has 0 atom stereocenters. The van der Waals surface area contributed by atoms with Crippen LogP contribution in [0.4, 0.5) is 5.82 Å². The number of amides is 2. The normalized spacial score (nSPS) is 18.9. The molecule has 1 saturated heterocycles. The summed E-state index contributed by atoms with van der Waals surface area (Å²) in [6.45, 7) is 2.55. The molecule has 1 aliphatic carbocycles. The molecule has 0 radical (unpaired) electrons. The first kappa shape index (κ1) is 18.5. The van der Waals surface area contributed by atoms with Crippen LogP contribution in [-0.4, -0.2) is 47.9 Å². The van der Waals surface area contributed by atoms with Gasteiger partial charge in [0.1, 0.15) is 5.82 Å². The fraction of sp³-hybridized carbons (Fsp3) is 0.409. The van der Waals surface area contributed by atoms with E-state index in [1.807, 2.05) is 28.0 Å². The summed E-state index contributed by atoms with van der Waals surface area (Å²) in [6, 6.07) is 13.6. The monoisotopic (exact) mass is 378 g/mol. The van der Waals surface area contributed by atoms with Crippen LogP contribution in [0.1, 0.15) is 41.6 Å². The number of aromatic nitrogens is 1. The van der Waals surface area contributed by atoms with Gasteiger partial charge in [0.05, 0.1) is 11.0 Å². The first-order chi connectivity index (χ1) is 13.6. The molecule has 146 valence electrons. The minimum absolute atomic E-state index is 0.243. The molecule has 28 heavy (non-hydrogen) atoms. The Morgan fingerprint density at radius 3 is 2.25 bits per heavy atom. The van der Waals surface area contributed by atoms with Gasteiger partial charge in [0.15, 0.2) is 0 Å². The molecule has 2 aliphatic rings. The molecule has 1 aromatic heterocycles. The van der Waals surface area contributed by atoms with E-state index in [1.54, 1.807) is 18.3 Å². The van der Waals surface area contributed by atoms with Crippen molar-refractivity contribution < 1.29 is 9.59 Å². The predicted molar refractivity (Wildman–Crippen MR) is 108 cm³/mol. The molecule has 2 aromatic rings. The van der Waals surface area contributed by atoms with Crippen LogP contribution in [0.25, 0.3) is 0 Å². The molecular formula is C22H26N4O2. The second-order valence-corrected chi connectivity index (χ2v) is 7.67. The quantitative estimate of drug-likeness (QED) is 0.886. The average molecular weight is 378 g/mol. The van der Waals surface area contributed by atoms with Crippen molar-refractivity contribution in [3.05, 3.63) is 59.8 Å². The number of nitrogens with two attached hydrogens (primary N) is 1. The van der Waals surface area contributed by atoms with Gasteiger partial charge in [-0.05, 0) is 30.5 Å². The minimum atomic E-state index is -0.476. The van der Waals surface area contributed by atoms with Gasteiger partial charge >= 0.3 is 0 Å². The van der Waals surface area contributed by atoms with E-state index in [2.05, 4.69) is 17.1 Å². The van der Waals surface area contributed by atoms with Crippen molar-refractivity contribution >= 4 is 17.6 Å². The smallest absolute Gasteiger partial charge is 0.252 e. The highest BCUT2D eigenvalue weighted by Gasteiger charge is 2.45. The second-order valence-electron chi connectivity index (χ2n) is 7.67. The van der Waals surface area contributed by atoms with E-state index in [4.69, 9.17) is 5.73 Å². The molecule has 2 N–H and O–H groups in total. The number of pyridine rings is 1. The Morgan fingerprint density at radius 2 is 1.61 bits per heavy atom. The number of hydrogen-bond donors (Lipinski definition) is 1. The van der Waals surface area contributed by atoms with Crippen molar-refractivity contribution in [1.82, 2.24) is 9.88 Å². The summed E-state index contributed by atoms with van der Waals surface area (Å²) >= 11 is 0. The summed E-state index contributed by atoms with van der Waals surface area (Å²) in [5.41, 5.74) is 6.68. The maximum atomic E-state index is 13.6. The molecule has 0 bridgehead atoms. The average Bonchev–Trinajstić information content (AvgIpc) is 3.25. The molecule has 0 unspecified atom stereocenters. The summed E-state index contributed by atoms with van der Waals surface area (Å²) in [5, 5.41) is 0. The minimum Gasteiger partial charge on any atom is -0.365 e. The molecule has 6 heteroatoms. The number of anilines is 1. The van der Waals surface area contributed by atoms with Crippen LogP contribution >= 0.6 is 0 Å². The van der Waals surface area contributed by atoms with Crippen molar-refractivity contribution in [3.8, 4) is 0 Å². The van der Waals surface area contributed by atoms with Gasteiger partial charge in [-0.25, -0.2) is 4.98 Å². The lowest BCUT2D eigenvalue weighted by molar-refractivity contribution is -0.137. The van der Waals surface area contributed by atoms with Crippen LogP contribution < -0.4 is 10.6 Å². The van der Waals surface area contributed by atoms with Crippen LogP contribution in [0.15, 0.2) is 48.7 Å². The topological polar surface area (TPSA) is 79.5 Å². The molecule has 6 nitrogen and oxygen atoms in total. The third-order valence-corrected chi connectivity index (χ3v) is 6.11. The summed E-state index contributed by atoms with van der Waals surface area (Å²) in [6.07, 6.45) is 5.69. The number of piperazine rings is 1. The molecule has 1 aliphatic heterocycles. The molecule has 4 rings (SSSR count). The van der Waals surface area contributed by atoms with Crippen LogP contribution in [0.2, 0.25) is 0 Å². The number of rotatable bonds is 4. The number of carbonyl (C=O) groups is 2. The molecular weight excluding hydrogens is 352 g/mol. The maximum absolute atomic E-state index is 13.6. The SMILES string of the molecule is NC(=O)c1cccnc1N1CCN(C(=O)C2(c3ccccc3)CCCC2)CC1. The van der Waals surface area contributed by atoms with E-state index in [1.165, 1.54) is 0 Å². The zero-order valence-electron chi connectivity index (χ0n) is 16.0. The Labute approximate surface area is 165 Å². The largest absolute Gasteiger partial charge is 0.365 e. The third-order valence-electron chi connectivity index (χ3n) is 6.11. The number of hydrogen-bond acceptors (Lipinski definition) is 4. The molecule has 2 heterocycles. The number of carbonyl (C=O) groups excluding carboxylic acids is 2. The summed E-state index contributed by atoms with van der Waals surface area (Å²) in [5.74, 6) is 0.378. The van der Waals surface area contributed by atoms with Crippen LogP contribution in [0.3, 0.4) is 0 Å². The lowest BCUT2D eigenvalue weighted by Crippen LogP contribution is -2.54. The van der Waals surface area contributed by atoms with Gasteiger partial charge in [-0.1, -0.05) is 43.2 Å². The lowest BCUT2D eigenvalue weighted by Gasteiger charge is -2.40. The van der Waals surface area contributed by atoms with Gasteiger partial charge in [0.2, 0.25) is 5.91 Å². The Bertz CT molecular complexity index is 854. The summed E-state index contributed by atoms with van der Waals surface area (Å²) in [7, 11) is 0. The Kier molecular flexibility index (Phi) is 5.03. The standard InChI is InChI=1S/C22H26N4O2/c23-19(27)18-9-6-12-24-20(18)25-13-15-26(16-14-25)21(28)22(10-4-5-11-22)17-7-2-1-3-8-17/h1-3,6-9,12H,4-5,10-11,13-16H2,(H2,23,27). The highest BCUT2D eigenvalue weighted by atomic mass is 16.2. The number of nitrogens with zero attached hydrogens (tertiary/aromatic N) is 3. The Balaban J connectivity index is 1.51. The Morgan fingerprint density at radius 1 is 0.929 bits per heavy atom.